The molecular weight excluding hydrogens is 386 g/mol. The van der Waals surface area contributed by atoms with Crippen LogP contribution in [-0.4, -0.2) is 56.3 Å². The lowest BCUT2D eigenvalue weighted by Gasteiger charge is -2.34. The Hall–Kier alpha value is -2.09. The molecule has 0 aliphatic carbocycles. The summed E-state index contributed by atoms with van der Waals surface area (Å²) in [4.78, 5) is 14.4. The van der Waals surface area contributed by atoms with Gasteiger partial charge in [-0.15, -0.1) is 0 Å². The van der Waals surface area contributed by atoms with Crippen LogP contribution >= 0.6 is 11.6 Å². The zero-order valence-electron chi connectivity index (χ0n) is 15.1. The van der Waals surface area contributed by atoms with E-state index in [9.17, 15) is 13.2 Å². The number of benzene rings is 2. The van der Waals surface area contributed by atoms with Crippen LogP contribution < -0.4 is 5.32 Å². The minimum absolute atomic E-state index is 0.0802. The number of piperazine rings is 1. The SMILES string of the molecule is Cc1ccc(NCC(=O)N2CCN(S(=O)(=O)c3ccccc3)CC2)c(Cl)c1. The predicted octanol–water partition coefficient (Wildman–Crippen LogP) is 2.59. The molecule has 8 heteroatoms. The Balaban J connectivity index is 1.55. The number of sulfonamides is 1. The summed E-state index contributed by atoms with van der Waals surface area (Å²) in [7, 11) is -3.51. The van der Waals surface area contributed by atoms with E-state index in [4.69, 9.17) is 11.6 Å². The zero-order valence-corrected chi connectivity index (χ0v) is 16.6. The number of hydrogen-bond acceptors (Lipinski definition) is 4. The van der Waals surface area contributed by atoms with E-state index in [0.717, 1.165) is 5.56 Å². The van der Waals surface area contributed by atoms with Crippen molar-refractivity contribution in [3.8, 4) is 0 Å². The quantitative estimate of drug-likeness (QED) is 0.827. The number of aryl methyl sites for hydroxylation is 1. The van der Waals surface area contributed by atoms with Crippen molar-refractivity contribution in [1.29, 1.82) is 0 Å². The maximum atomic E-state index is 12.6. The number of hydrogen-bond donors (Lipinski definition) is 1. The molecule has 144 valence electrons. The van der Waals surface area contributed by atoms with E-state index in [-0.39, 0.29) is 30.4 Å². The Morgan fingerprint density at radius 1 is 1.07 bits per heavy atom. The molecule has 6 nitrogen and oxygen atoms in total. The first-order valence-electron chi connectivity index (χ1n) is 8.71. The normalized spacial score (nSPS) is 15.6. The Morgan fingerprint density at radius 2 is 1.74 bits per heavy atom. The molecule has 1 saturated heterocycles. The second kappa shape index (κ2) is 8.29. The van der Waals surface area contributed by atoms with Crippen LogP contribution in [0.15, 0.2) is 53.4 Å². The van der Waals surface area contributed by atoms with Gasteiger partial charge in [-0.05, 0) is 36.8 Å². The third kappa shape index (κ3) is 4.61. The molecule has 0 radical (unpaired) electrons. The van der Waals surface area contributed by atoms with Gasteiger partial charge in [-0.25, -0.2) is 8.42 Å². The molecule has 0 spiro atoms. The largest absolute Gasteiger partial charge is 0.375 e. The minimum Gasteiger partial charge on any atom is -0.375 e. The van der Waals surface area contributed by atoms with E-state index in [2.05, 4.69) is 5.32 Å². The molecule has 3 rings (SSSR count). The fourth-order valence-electron chi connectivity index (χ4n) is 2.97. The van der Waals surface area contributed by atoms with E-state index >= 15 is 0 Å². The van der Waals surface area contributed by atoms with E-state index in [1.54, 1.807) is 35.2 Å². The first-order chi connectivity index (χ1) is 12.9. The fourth-order valence-corrected chi connectivity index (χ4v) is 4.71. The number of carbonyl (C=O) groups is 1. The summed E-state index contributed by atoms with van der Waals surface area (Å²) in [6.45, 7) is 3.38. The summed E-state index contributed by atoms with van der Waals surface area (Å²) < 4.78 is 26.7. The summed E-state index contributed by atoms with van der Waals surface area (Å²) in [5.74, 6) is -0.0802. The Morgan fingerprint density at radius 3 is 2.37 bits per heavy atom. The summed E-state index contributed by atoms with van der Waals surface area (Å²) in [6.07, 6.45) is 0. The highest BCUT2D eigenvalue weighted by Gasteiger charge is 2.29. The lowest BCUT2D eigenvalue weighted by Crippen LogP contribution is -2.51. The smallest absolute Gasteiger partial charge is 0.243 e. The van der Waals surface area contributed by atoms with Crippen molar-refractivity contribution in [2.45, 2.75) is 11.8 Å². The first kappa shape index (κ1) is 19.7. The molecule has 1 N–H and O–H groups in total. The van der Waals surface area contributed by atoms with Gasteiger partial charge < -0.3 is 10.2 Å². The van der Waals surface area contributed by atoms with Crippen molar-refractivity contribution in [3.05, 3.63) is 59.1 Å². The monoisotopic (exact) mass is 407 g/mol. The van der Waals surface area contributed by atoms with Crippen molar-refractivity contribution in [3.63, 3.8) is 0 Å². The van der Waals surface area contributed by atoms with E-state index < -0.39 is 10.0 Å². The Labute approximate surface area is 164 Å². The summed E-state index contributed by atoms with van der Waals surface area (Å²) in [5.41, 5.74) is 1.76. The van der Waals surface area contributed by atoms with Gasteiger partial charge in [0.15, 0.2) is 0 Å². The number of rotatable bonds is 5. The maximum absolute atomic E-state index is 12.6. The van der Waals surface area contributed by atoms with Gasteiger partial charge in [0.05, 0.1) is 22.2 Å². The molecule has 1 amide bonds. The van der Waals surface area contributed by atoms with Gasteiger partial charge in [0.1, 0.15) is 0 Å². The number of anilines is 1. The topological polar surface area (TPSA) is 69.7 Å². The van der Waals surface area contributed by atoms with Gasteiger partial charge in [0.2, 0.25) is 15.9 Å². The molecule has 1 aliphatic rings. The Bertz CT molecular complexity index is 911. The standard InChI is InChI=1S/C19H22ClN3O3S/c1-15-7-8-18(17(20)13-15)21-14-19(24)22-9-11-23(12-10-22)27(25,26)16-5-3-2-4-6-16/h2-8,13,21H,9-12,14H2,1H3. The van der Waals surface area contributed by atoms with Crippen LogP contribution in [0.5, 0.6) is 0 Å². The number of carbonyl (C=O) groups excluding carboxylic acids is 1. The molecule has 0 bridgehead atoms. The van der Waals surface area contributed by atoms with Crippen molar-refractivity contribution >= 4 is 33.2 Å². The second-order valence-electron chi connectivity index (χ2n) is 6.43. The summed E-state index contributed by atoms with van der Waals surface area (Å²) in [6, 6.07) is 14.0. The first-order valence-corrected chi connectivity index (χ1v) is 10.5. The predicted molar refractivity (Wildman–Crippen MR) is 106 cm³/mol. The highest BCUT2D eigenvalue weighted by atomic mass is 35.5. The number of amides is 1. The van der Waals surface area contributed by atoms with Gasteiger partial charge in [-0.1, -0.05) is 35.9 Å². The molecule has 2 aromatic carbocycles. The maximum Gasteiger partial charge on any atom is 0.243 e. The van der Waals surface area contributed by atoms with Crippen molar-refractivity contribution in [2.24, 2.45) is 0 Å². The van der Waals surface area contributed by atoms with Crippen LogP contribution in [0.3, 0.4) is 0 Å². The molecule has 1 heterocycles. The number of nitrogens with one attached hydrogen (secondary N) is 1. The average Bonchev–Trinajstić information content (AvgIpc) is 2.68. The molecule has 2 aromatic rings. The van der Waals surface area contributed by atoms with Crippen LogP contribution in [-0.2, 0) is 14.8 Å². The van der Waals surface area contributed by atoms with E-state index in [0.29, 0.717) is 23.8 Å². The third-order valence-corrected chi connectivity index (χ3v) is 6.75. The van der Waals surface area contributed by atoms with Crippen molar-refractivity contribution < 1.29 is 13.2 Å². The number of halogens is 1. The molecule has 0 atom stereocenters. The highest BCUT2D eigenvalue weighted by Crippen LogP contribution is 2.22. The van der Waals surface area contributed by atoms with Crippen LogP contribution in [0.2, 0.25) is 5.02 Å². The van der Waals surface area contributed by atoms with Crippen molar-refractivity contribution in [2.75, 3.05) is 38.0 Å². The van der Waals surface area contributed by atoms with Crippen molar-refractivity contribution in [1.82, 2.24) is 9.21 Å². The number of nitrogens with zero attached hydrogens (tertiary/aromatic N) is 2. The van der Waals surface area contributed by atoms with E-state index in [1.807, 2.05) is 25.1 Å². The second-order valence-corrected chi connectivity index (χ2v) is 8.78. The van der Waals surface area contributed by atoms with Crippen LogP contribution in [0.25, 0.3) is 0 Å². The van der Waals surface area contributed by atoms with Crippen LogP contribution in [0.4, 0.5) is 5.69 Å². The lowest BCUT2D eigenvalue weighted by atomic mass is 10.2. The Kier molecular flexibility index (Phi) is 6.04. The molecule has 1 aliphatic heterocycles. The average molecular weight is 408 g/mol. The molecule has 0 unspecified atom stereocenters. The van der Waals surface area contributed by atoms with Gasteiger partial charge in [0.25, 0.3) is 0 Å². The molecule has 0 saturated carbocycles. The molecule has 0 aromatic heterocycles. The molecular formula is C19H22ClN3O3S. The van der Waals surface area contributed by atoms with E-state index in [1.165, 1.54) is 4.31 Å². The highest BCUT2D eigenvalue weighted by molar-refractivity contribution is 7.89. The van der Waals surface area contributed by atoms with Crippen LogP contribution in [0, 0.1) is 6.92 Å². The molecule has 1 fully saturated rings. The van der Waals surface area contributed by atoms with Gasteiger partial charge in [-0.2, -0.15) is 4.31 Å². The summed E-state index contributed by atoms with van der Waals surface area (Å²) in [5, 5.41) is 3.62. The fraction of sp³-hybridized carbons (Fsp3) is 0.316. The minimum atomic E-state index is -3.51. The van der Waals surface area contributed by atoms with Gasteiger partial charge in [-0.3, -0.25) is 4.79 Å². The van der Waals surface area contributed by atoms with Crippen LogP contribution in [0.1, 0.15) is 5.56 Å². The lowest BCUT2D eigenvalue weighted by molar-refractivity contribution is -0.130. The molecule has 27 heavy (non-hydrogen) atoms. The summed E-state index contributed by atoms with van der Waals surface area (Å²) >= 11 is 6.17. The third-order valence-electron chi connectivity index (χ3n) is 4.53. The van der Waals surface area contributed by atoms with Gasteiger partial charge >= 0.3 is 0 Å². The van der Waals surface area contributed by atoms with Gasteiger partial charge in [0, 0.05) is 26.2 Å². The zero-order chi connectivity index (χ0) is 19.4.